The summed E-state index contributed by atoms with van der Waals surface area (Å²) in [6.45, 7) is 3.46. The Bertz CT molecular complexity index is 1200. The van der Waals surface area contributed by atoms with E-state index < -0.39 is 5.41 Å². The van der Waals surface area contributed by atoms with Crippen LogP contribution >= 0.6 is 0 Å². The predicted molar refractivity (Wildman–Crippen MR) is 128 cm³/mol. The summed E-state index contributed by atoms with van der Waals surface area (Å²) in [5.74, 6) is -0.853. The third kappa shape index (κ3) is 4.59. The van der Waals surface area contributed by atoms with Crippen molar-refractivity contribution in [2.45, 2.75) is 38.1 Å². The lowest BCUT2D eigenvalue weighted by Gasteiger charge is -2.28. The zero-order valence-electron chi connectivity index (χ0n) is 19.6. The van der Waals surface area contributed by atoms with Gasteiger partial charge in [0.25, 0.3) is 0 Å². The van der Waals surface area contributed by atoms with Gasteiger partial charge in [0.1, 0.15) is 0 Å². The van der Waals surface area contributed by atoms with Crippen LogP contribution in [-0.4, -0.2) is 59.2 Å². The number of carbonyl (C=O) groups is 3. The molecule has 3 aromatic rings. The van der Waals surface area contributed by atoms with E-state index in [4.69, 9.17) is 4.74 Å². The normalized spacial score (nSPS) is 18.1. The fraction of sp³-hybridized carbons (Fsp3) is 0.385. The van der Waals surface area contributed by atoms with Crippen LogP contribution in [-0.2, 0) is 31.1 Å². The number of hydrogen-bond donors (Lipinski definition) is 1. The summed E-state index contributed by atoms with van der Waals surface area (Å²) in [7, 11) is 1.53. The third-order valence-corrected chi connectivity index (χ3v) is 6.47. The summed E-state index contributed by atoms with van der Waals surface area (Å²) in [6, 6.07) is 15.5. The Balaban J connectivity index is 1.44. The van der Waals surface area contributed by atoms with Crippen molar-refractivity contribution in [2.24, 2.45) is 0 Å². The van der Waals surface area contributed by atoms with Crippen LogP contribution < -0.4 is 5.32 Å². The molecule has 8 heteroatoms. The van der Waals surface area contributed by atoms with Gasteiger partial charge in [0, 0.05) is 38.4 Å². The number of hydrogen-bond acceptors (Lipinski definition) is 5. The predicted octanol–water partition coefficient (Wildman–Crippen LogP) is 2.58. The first-order chi connectivity index (χ1) is 16.5. The molecule has 1 unspecified atom stereocenters. The molecule has 1 aliphatic heterocycles. The minimum atomic E-state index is -1.20. The fourth-order valence-corrected chi connectivity index (χ4v) is 4.76. The van der Waals surface area contributed by atoms with Crippen LogP contribution in [0.2, 0.25) is 0 Å². The van der Waals surface area contributed by atoms with Crippen molar-refractivity contribution in [3.8, 4) is 0 Å². The lowest BCUT2D eigenvalue weighted by Crippen LogP contribution is -2.43. The Hall–Kier alpha value is -3.52. The average molecular weight is 463 g/mol. The van der Waals surface area contributed by atoms with Crippen molar-refractivity contribution in [2.75, 3.05) is 26.8 Å². The highest BCUT2D eigenvalue weighted by Gasteiger charge is 2.54. The highest BCUT2D eigenvalue weighted by Crippen LogP contribution is 2.41. The molecule has 1 aromatic heterocycles. The van der Waals surface area contributed by atoms with Gasteiger partial charge in [-0.25, -0.2) is 0 Å². The molecule has 0 saturated carbocycles. The molecule has 0 spiro atoms. The van der Waals surface area contributed by atoms with Gasteiger partial charge in [0.05, 0.1) is 30.3 Å². The average Bonchev–Trinajstić information content (AvgIpc) is 3.34. The number of imide groups is 1. The highest BCUT2D eigenvalue weighted by atomic mass is 16.5. The van der Waals surface area contributed by atoms with E-state index in [1.807, 2.05) is 66.3 Å². The Morgan fingerprint density at radius 2 is 1.88 bits per heavy atom. The molecule has 3 amide bonds. The molecule has 1 N–H and O–H groups in total. The summed E-state index contributed by atoms with van der Waals surface area (Å²) in [4.78, 5) is 40.5. The van der Waals surface area contributed by atoms with Gasteiger partial charge in [-0.3, -0.25) is 24.0 Å². The number of likely N-dealkylation sites (tertiary alicyclic amines) is 1. The van der Waals surface area contributed by atoms with E-state index in [1.165, 1.54) is 12.0 Å². The molecule has 2 heterocycles. The van der Waals surface area contributed by atoms with Crippen molar-refractivity contribution in [3.63, 3.8) is 0 Å². The maximum atomic E-state index is 13.5. The van der Waals surface area contributed by atoms with E-state index in [0.717, 1.165) is 22.0 Å². The van der Waals surface area contributed by atoms with Crippen LogP contribution in [0.1, 0.15) is 30.4 Å². The zero-order valence-corrected chi connectivity index (χ0v) is 19.6. The number of rotatable bonds is 10. The number of aryl methyl sites for hydroxylation is 2. The fourth-order valence-electron chi connectivity index (χ4n) is 4.76. The molecule has 0 bridgehead atoms. The SMILES string of the molecule is COCCN1C(=O)CC(CC(=O)NCCCn2ncc3ccccc32)(c2ccccc2C)C1=O. The van der Waals surface area contributed by atoms with Crippen molar-refractivity contribution in [1.82, 2.24) is 20.0 Å². The number of para-hydroxylation sites is 1. The van der Waals surface area contributed by atoms with Gasteiger partial charge in [0.15, 0.2) is 0 Å². The summed E-state index contributed by atoms with van der Waals surface area (Å²) < 4.78 is 6.99. The maximum absolute atomic E-state index is 13.5. The van der Waals surface area contributed by atoms with Gasteiger partial charge in [0.2, 0.25) is 17.7 Å². The number of amides is 3. The molecule has 4 rings (SSSR count). The molecule has 178 valence electrons. The Morgan fingerprint density at radius 1 is 1.12 bits per heavy atom. The molecule has 34 heavy (non-hydrogen) atoms. The van der Waals surface area contributed by atoms with E-state index >= 15 is 0 Å². The minimum absolute atomic E-state index is 0.0207. The van der Waals surface area contributed by atoms with Crippen molar-refractivity contribution in [3.05, 3.63) is 65.9 Å². The summed E-state index contributed by atoms with van der Waals surface area (Å²) in [6.07, 6.45) is 2.43. The highest BCUT2D eigenvalue weighted by molar-refractivity contribution is 6.11. The molecular formula is C26H30N4O4. The van der Waals surface area contributed by atoms with E-state index in [1.54, 1.807) is 0 Å². The molecule has 0 radical (unpaired) electrons. The second-order valence-corrected chi connectivity index (χ2v) is 8.72. The van der Waals surface area contributed by atoms with E-state index in [-0.39, 0.29) is 43.7 Å². The number of methoxy groups -OCH3 is 1. The molecule has 1 atom stereocenters. The van der Waals surface area contributed by atoms with Gasteiger partial charge in [-0.1, -0.05) is 42.5 Å². The molecular weight excluding hydrogens is 432 g/mol. The molecule has 8 nitrogen and oxygen atoms in total. The first kappa shape index (κ1) is 23.6. The first-order valence-corrected chi connectivity index (χ1v) is 11.5. The quantitative estimate of drug-likeness (QED) is 0.369. The van der Waals surface area contributed by atoms with Crippen LogP contribution in [0.15, 0.2) is 54.7 Å². The molecule has 1 saturated heterocycles. The summed E-state index contributed by atoms with van der Waals surface area (Å²) >= 11 is 0. The molecule has 2 aromatic carbocycles. The molecule has 1 fully saturated rings. The van der Waals surface area contributed by atoms with Crippen LogP contribution in [0.3, 0.4) is 0 Å². The number of carbonyl (C=O) groups excluding carboxylic acids is 3. The van der Waals surface area contributed by atoms with E-state index in [2.05, 4.69) is 10.4 Å². The smallest absolute Gasteiger partial charge is 0.240 e. The number of fused-ring (bicyclic) bond motifs is 1. The van der Waals surface area contributed by atoms with Gasteiger partial charge >= 0.3 is 0 Å². The van der Waals surface area contributed by atoms with Gasteiger partial charge in [-0.05, 0) is 30.5 Å². The Morgan fingerprint density at radius 3 is 2.68 bits per heavy atom. The second-order valence-electron chi connectivity index (χ2n) is 8.72. The van der Waals surface area contributed by atoms with E-state index in [9.17, 15) is 14.4 Å². The molecule has 1 aliphatic rings. The van der Waals surface area contributed by atoms with Crippen LogP contribution in [0.25, 0.3) is 10.9 Å². The van der Waals surface area contributed by atoms with Crippen molar-refractivity contribution >= 4 is 28.6 Å². The van der Waals surface area contributed by atoms with Crippen LogP contribution in [0.4, 0.5) is 0 Å². The van der Waals surface area contributed by atoms with Crippen LogP contribution in [0.5, 0.6) is 0 Å². The maximum Gasteiger partial charge on any atom is 0.240 e. The van der Waals surface area contributed by atoms with Gasteiger partial charge in [-0.15, -0.1) is 0 Å². The monoisotopic (exact) mass is 462 g/mol. The zero-order chi connectivity index (χ0) is 24.1. The standard InChI is InChI=1S/C26H30N4O4/c1-19-8-3-5-10-21(19)26(17-24(32)29(25(26)33)14-15-34-2)16-23(31)27-12-7-13-30-22-11-6-4-9-20(22)18-28-30/h3-6,8-11,18H,7,12-17H2,1-2H3,(H,27,31). The topological polar surface area (TPSA) is 93.5 Å². The lowest BCUT2D eigenvalue weighted by molar-refractivity contribution is -0.141. The summed E-state index contributed by atoms with van der Waals surface area (Å²) in [5.41, 5.74) is 1.47. The van der Waals surface area contributed by atoms with Crippen molar-refractivity contribution < 1.29 is 19.1 Å². The minimum Gasteiger partial charge on any atom is -0.383 e. The third-order valence-electron chi connectivity index (χ3n) is 6.47. The number of ether oxygens (including phenoxy) is 1. The number of benzene rings is 2. The number of aromatic nitrogens is 2. The Labute approximate surface area is 198 Å². The van der Waals surface area contributed by atoms with Crippen molar-refractivity contribution in [1.29, 1.82) is 0 Å². The van der Waals surface area contributed by atoms with Gasteiger partial charge < -0.3 is 10.1 Å². The first-order valence-electron chi connectivity index (χ1n) is 11.5. The Kier molecular flexibility index (Phi) is 7.07. The second kappa shape index (κ2) is 10.2. The van der Waals surface area contributed by atoms with E-state index in [0.29, 0.717) is 19.5 Å². The van der Waals surface area contributed by atoms with Crippen LogP contribution in [0, 0.1) is 6.92 Å². The van der Waals surface area contributed by atoms with Gasteiger partial charge in [-0.2, -0.15) is 5.10 Å². The number of nitrogens with zero attached hydrogens (tertiary/aromatic N) is 3. The summed E-state index contributed by atoms with van der Waals surface area (Å²) in [5, 5.41) is 8.43. The number of nitrogens with one attached hydrogen (secondary N) is 1. The lowest BCUT2D eigenvalue weighted by atomic mass is 9.74. The molecule has 0 aliphatic carbocycles. The largest absolute Gasteiger partial charge is 0.383 e.